The molecule has 3 fully saturated rings. The number of ether oxygens (including phenoxy) is 2. The van der Waals surface area contributed by atoms with Crippen LogP contribution < -0.4 is 15.4 Å². The van der Waals surface area contributed by atoms with Gasteiger partial charge in [0.1, 0.15) is 17.4 Å². The summed E-state index contributed by atoms with van der Waals surface area (Å²) in [6, 6.07) is 6.28. The summed E-state index contributed by atoms with van der Waals surface area (Å²) >= 11 is 0. The average molecular weight is 516 g/mol. The van der Waals surface area contributed by atoms with E-state index < -0.39 is 29.1 Å². The molecule has 1 aromatic carbocycles. The fourth-order valence-electron chi connectivity index (χ4n) is 6.75. The van der Waals surface area contributed by atoms with Crippen LogP contribution in [0.1, 0.15) is 66.2 Å². The molecule has 9 nitrogen and oxygen atoms in total. The molecule has 3 heterocycles. The molecule has 3 aliphatic rings. The monoisotopic (exact) mass is 515 g/mol. The highest BCUT2D eigenvalue weighted by Gasteiger charge is 2.78. The van der Waals surface area contributed by atoms with Crippen LogP contribution in [0.15, 0.2) is 24.3 Å². The van der Waals surface area contributed by atoms with E-state index in [2.05, 4.69) is 17.6 Å². The van der Waals surface area contributed by atoms with Gasteiger partial charge in [-0.05, 0) is 70.2 Å². The molecule has 9 heteroatoms. The molecule has 204 valence electrons. The number of carbonyl (C=O) groups excluding carboxylic acids is 3. The third kappa shape index (κ3) is 4.72. The molecule has 2 bridgehead atoms. The lowest BCUT2D eigenvalue weighted by Crippen LogP contribution is -2.56. The molecule has 0 radical (unpaired) electrons. The van der Waals surface area contributed by atoms with Gasteiger partial charge in [0.15, 0.2) is 0 Å². The maximum Gasteiger partial charge on any atom is 0.246 e. The van der Waals surface area contributed by atoms with Gasteiger partial charge in [-0.25, -0.2) is 0 Å². The minimum atomic E-state index is -1.06. The summed E-state index contributed by atoms with van der Waals surface area (Å²) < 4.78 is 12.2. The first-order valence-electron chi connectivity index (χ1n) is 13.7. The Morgan fingerprint density at radius 2 is 1.92 bits per heavy atom. The van der Waals surface area contributed by atoms with Crippen LogP contribution in [0, 0.1) is 11.8 Å². The largest absolute Gasteiger partial charge is 0.494 e. The molecule has 1 aromatic rings. The predicted molar refractivity (Wildman–Crippen MR) is 139 cm³/mol. The summed E-state index contributed by atoms with van der Waals surface area (Å²) in [5.41, 5.74) is -1.24. The Morgan fingerprint density at radius 1 is 1.19 bits per heavy atom. The summed E-state index contributed by atoms with van der Waals surface area (Å²) in [4.78, 5) is 42.9. The Balaban J connectivity index is 1.65. The summed E-state index contributed by atoms with van der Waals surface area (Å²) in [6.45, 7) is 8.60. The number of nitrogens with zero attached hydrogens (tertiary/aromatic N) is 1. The van der Waals surface area contributed by atoms with E-state index in [9.17, 15) is 19.5 Å². The molecule has 0 aromatic heterocycles. The van der Waals surface area contributed by atoms with Crippen LogP contribution in [-0.2, 0) is 19.1 Å². The Bertz CT molecular complexity index is 1000. The van der Waals surface area contributed by atoms with Crippen molar-refractivity contribution in [2.45, 2.75) is 89.5 Å². The van der Waals surface area contributed by atoms with Gasteiger partial charge in [-0.3, -0.25) is 14.4 Å². The second-order valence-electron chi connectivity index (χ2n) is 10.6. The quantitative estimate of drug-likeness (QED) is 0.394. The molecular formula is C28H41N3O6. The second-order valence-corrected chi connectivity index (χ2v) is 10.6. The first-order chi connectivity index (χ1) is 17.8. The average Bonchev–Trinajstić information content (AvgIpc) is 3.47. The molecule has 3 unspecified atom stereocenters. The number of carbonyl (C=O) groups is 3. The number of hydrogen-bond acceptors (Lipinski definition) is 6. The van der Waals surface area contributed by atoms with Crippen molar-refractivity contribution in [2.75, 3.05) is 25.1 Å². The highest BCUT2D eigenvalue weighted by molar-refractivity contribution is 6.02. The summed E-state index contributed by atoms with van der Waals surface area (Å²) in [5, 5.41) is 15.6. The highest BCUT2D eigenvalue weighted by atomic mass is 16.5. The lowest BCUT2D eigenvalue weighted by molar-refractivity contribution is -0.146. The Morgan fingerprint density at radius 3 is 2.54 bits per heavy atom. The van der Waals surface area contributed by atoms with Crippen LogP contribution in [0.4, 0.5) is 5.69 Å². The first kappa shape index (κ1) is 27.4. The second kappa shape index (κ2) is 11.0. The SMILES string of the molecule is CCCC(C)NC(=O)C1N(CCCO)C(=O)[C@@H]2[C@H](C(=O)Nc3ccc(OCC)cc3)[C@]3(CC)CCC12O3. The molecule has 37 heavy (non-hydrogen) atoms. The number of nitrogens with one attached hydrogen (secondary N) is 2. The summed E-state index contributed by atoms with van der Waals surface area (Å²) in [6.07, 6.45) is 3.82. The van der Waals surface area contributed by atoms with E-state index in [-0.39, 0.29) is 36.9 Å². The van der Waals surface area contributed by atoms with Crippen molar-refractivity contribution in [1.29, 1.82) is 0 Å². The normalized spacial score (nSPS) is 30.8. The fraction of sp³-hybridized carbons (Fsp3) is 0.679. The zero-order chi connectivity index (χ0) is 26.8. The number of likely N-dealkylation sites (tertiary alicyclic amines) is 1. The van der Waals surface area contributed by atoms with Crippen molar-refractivity contribution >= 4 is 23.4 Å². The Hall–Kier alpha value is -2.65. The van der Waals surface area contributed by atoms with Crippen molar-refractivity contribution < 1.29 is 29.0 Å². The van der Waals surface area contributed by atoms with Gasteiger partial charge in [-0.15, -0.1) is 0 Å². The van der Waals surface area contributed by atoms with Crippen molar-refractivity contribution in [3.05, 3.63) is 24.3 Å². The Labute approximate surface area is 219 Å². The molecule has 3 saturated heterocycles. The molecule has 1 spiro atoms. The minimum absolute atomic E-state index is 0.0414. The van der Waals surface area contributed by atoms with Gasteiger partial charge < -0.3 is 30.1 Å². The molecule has 0 saturated carbocycles. The van der Waals surface area contributed by atoms with Crippen LogP contribution in [0.3, 0.4) is 0 Å². The standard InChI is InChI=1S/C28H41N3O6/c1-5-9-18(4)29-25(34)23-28-15-14-27(6-2,37-28)21(22(28)26(35)31(23)16-8-17-32)24(33)30-19-10-12-20(13-11-19)36-7-3/h10-13,18,21-23,32H,5-9,14-17H2,1-4H3,(H,29,34)(H,30,33)/t18?,21-,22+,23?,27+,28?/m1/s1. The number of hydrogen-bond donors (Lipinski definition) is 3. The van der Waals surface area contributed by atoms with E-state index in [1.54, 1.807) is 29.2 Å². The summed E-state index contributed by atoms with van der Waals surface area (Å²) in [5.74, 6) is -1.50. The van der Waals surface area contributed by atoms with Crippen LogP contribution >= 0.6 is 0 Å². The van der Waals surface area contributed by atoms with E-state index in [0.29, 0.717) is 43.7 Å². The van der Waals surface area contributed by atoms with Gasteiger partial charge in [0.05, 0.1) is 24.0 Å². The maximum absolute atomic E-state index is 13.9. The van der Waals surface area contributed by atoms with E-state index >= 15 is 0 Å². The first-order valence-corrected chi connectivity index (χ1v) is 13.7. The van der Waals surface area contributed by atoms with E-state index in [1.807, 2.05) is 20.8 Å². The molecule has 3 aliphatic heterocycles. The molecule has 4 rings (SSSR count). The molecule has 3 amide bonds. The molecular weight excluding hydrogens is 474 g/mol. The molecule has 3 N–H and O–H groups in total. The number of fused-ring (bicyclic) bond motifs is 1. The number of aliphatic hydroxyl groups excluding tert-OH is 1. The molecule has 6 atom stereocenters. The van der Waals surface area contributed by atoms with Crippen LogP contribution in [0.25, 0.3) is 0 Å². The van der Waals surface area contributed by atoms with Gasteiger partial charge >= 0.3 is 0 Å². The number of aliphatic hydroxyl groups is 1. The van der Waals surface area contributed by atoms with Crippen molar-refractivity contribution in [2.24, 2.45) is 11.8 Å². The number of benzene rings is 1. The van der Waals surface area contributed by atoms with Crippen LogP contribution in [0.5, 0.6) is 5.75 Å². The highest BCUT2D eigenvalue weighted by Crippen LogP contribution is 2.64. The van der Waals surface area contributed by atoms with Gasteiger partial charge in [0.2, 0.25) is 17.7 Å². The minimum Gasteiger partial charge on any atom is -0.494 e. The Kier molecular flexibility index (Phi) is 8.14. The van der Waals surface area contributed by atoms with E-state index in [4.69, 9.17) is 9.47 Å². The zero-order valence-electron chi connectivity index (χ0n) is 22.4. The number of anilines is 1. The van der Waals surface area contributed by atoms with Gasteiger partial charge in [0.25, 0.3) is 0 Å². The van der Waals surface area contributed by atoms with Crippen molar-refractivity contribution in [1.82, 2.24) is 10.2 Å². The third-order valence-corrected chi connectivity index (χ3v) is 8.31. The van der Waals surface area contributed by atoms with Crippen molar-refractivity contribution in [3.8, 4) is 5.75 Å². The fourth-order valence-corrected chi connectivity index (χ4v) is 6.75. The van der Waals surface area contributed by atoms with Gasteiger partial charge in [-0.2, -0.15) is 0 Å². The third-order valence-electron chi connectivity index (χ3n) is 8.31. The molecule has 0 aliphatic carbocycles. The summed E-state index contributed by atoms with van der Waals surface area (Å²) in [7, 11) is 0. The lowest BCUT2D eigenvalue weighted by Gasteiger charge is -2.34. The van der Waals surface area contributed by atoms with E-state index in [1.165, 1.54) is 0 Å². The number of rotatable bonds is 12. The van der Waals surface area contributed by atoms with Gasteiger partial charge in [-0.1, -0.05) is 20.3 Å². The van der Waals surface area contributed by atoms with Crippen LogP contribution in [-0.4, -0.2) is 70.8 Å². The predicted octanol–water partition coefficient (Wildman–Crippen LogP) is 2.87. The zero-order valence-corrected chi connectivity index (χ0v) is 22.4. The topological polar surface area (TPSA) is 117 Å². The lowest BCUT2D eigenvalue weighted by atomic mass is 9.65. The van der Waals surface area contributed by atoms with Gasteiger partial charge in [0, 0.05) is 24.9 Å². The van der Waals surface area contributed by atoms with E-state index in [0.717, 1.165) is 12.8 Å². The smallest absolute Gasteiger partial charge is 0.246 e. The number of amides is 3. The van der Waals surface area contributed by atoms with Crippen molar-refractivity contribution in [3.63, 3.8) is 0 Å². The maximum atomic E-state index is 13.9. The van der Waals surface area contributed by atoms with Crippen LogP contribution in [0.2, 0.25) is 0 Å².